The van der Waals surface area contributed by atoms with Crippen LogP contribution in [0.1, 0.15) is 25.8 Å². The van der Waals surface area contributed by atoms with Crippen LogP contribution >= 0.6 is 0 Å². The Hall–Kier alpha value is -1.47. The van der Waals surface area contributed by atoms with E-state index in [1.165, 1.54) is 0 Å². The van der Waals surface area contributed by atoms with Crippen LogP contribution in [-0.4, -0.2) is 18.0 Å². The number of nitrogens with one attached hydrogen (secondary N) is 1. The van der Waals surface area contributed by atoms with Crippen LogP contribution in [0.2, 0.25) is 0 Å². The Morgan fingerprint density at radius 1 is 1.63 bits per heavy atom. The number of hydrogen-bond donors (Lipinski definition) is 2. The highest BCUT2D eigenvalue weighted by Crippen LogP contribution is 2.25. The molecule has 1 aromatic carbocycles. The predicted octanol–water partition coefficient (Wildman–Crippen LogP) is 1.17. The summed E-state index contributed by atoms with van der Waals surface area (Å²) in [7, 11) is -1.32. The molecular weight excluding hydrogens is 255 g/mol. The van der Waals surface area contributed by atoms with E-state index < -0.39 is 30.3 Å². The SMILES string of the molecule is CCC(C)C(=O)Nc1c(F)cc2c(c1F)COB2O. The molecule has 1 aliphatic heterocycles. The fraction of sp³-hybridized carbons (Fsp3) is 0.417. The van der Waals surface area contributed by atoms with Crippen LogP contribution in [0.4, 0.5) is 14.5 Å². The second-order valence-electron chi connectivity index (χ2n) is 4.58. The summed E-state index contributed by atoms with van der Waals surface area (Å²) in [5.74, 6) is -2.59. The van der Waals surface area contributed by atoms with Crippen LogP contribution in [0.25, 0.3) is 0 Å². The van der Waals surface area contributed by atoms with E-state index in [9.17, 15) is 18.6 Å². The van der Waals surface area contributed by atoms with Crippen molar-refractivity contribution in [2.45, 2.75) is 26.9 Å². The van der Waals surface area contributed by atoms with Gasteiger partial charge in [0, 0.05) is 11.5 Å². The summed E-state index contributed by atoms with van der Waals surface area (Å²) >= 11 is 0. The Bertz CT molecular complexity index is 524. The number of halogens is 2. The van der Waals surface area contributed by atoms with Crippen molar-refractivity contribution in [3.8, 4) is 0 Å². The molecule has 0 bridgehead atoms. The van der Waals surface area contributed by atoms with Crippen molar-refractivity contribution < 1.29 is 23.3 Å². The van der Waals surface area contributed by atoms with Crippen molar-refractivity contribution >= 4 is 24.2 Å². The quantitative estimate of drug-likeness (QED) is 0.810. The molecule has 102 valence electrons. The van der Waals surface area contributed by atoms with Crippen molar-refractivity contribution in [3.05, 3.63) is 23.3 Å². The monoisotopic (exact) mass is 269 g/mol. The van der Waals surface area contributed by atoms with Gasteiger partial charge >= 0.3 is 7.12 Å². The van der Waals surface area contributed by atoms with Gasteiger partial charge in [0.15, 0.2) is 5.82 Å². The lowest BCUT2D eigenvalue weighted by Crippen LogP contribution is -2.30. The largest absolute Gasteiger partial charge is 0.491 e. The fourth-order valence-electron chi connectivity index (χ4n) is 1.84. The minimum absolute atomic E-state index is 0.0662. The summed E-state index contributed by atoms with van der Waals surface area (Å²) in [6.45, 7) is 3.34. The van der Waals surface area contributed by atoms with E-state index in [0.717, 1.165) is 6.07 Å². The first-order chi connectivity index (χ1) is 8.95. The maximum Gasteiger partial charge on any atom is 0.491 e. The number of fused-ring (bicyclic) bond motifs is 1. The third-order valence-electron chi connectivity index (χ3n) is 3.31. The third-order valence-corrected chi connectivity index (χ3v) is 3.31. The molecule has 2 N–H and O–H groups in total. The van der Waals surface area contributed by atoms with Crippen LogP contribution in [-0.2, 0) is 16.1 Å². The van der Waals surface area contributed by atoms with E-state index in [2.05, 4.69) is 5.32 Å². The average Bonchev–Trinajstić information content (AvgIpc) is 2.75. The number of anilines is 1. The van der Waals surface area contributed by atoms with Crippen LogP contribution in [0.15, 0.2) is 6.07 Å². The number of rotatable bonds is 3. The van der Waals surface area contributed by atoms with Crippen molar-refractivity contribution in [2.24, 2.45) is 5.92 Å². The molecule has 0 radical (unpaired) electrons. The van der Waals surface area contributed by atoms with E-state index in [1.54, 1.807) is 6.92 Å². The van der Waals surface area contributed by atoms with Crippen LogP contribution in [0.5, 0.6) is 0 Å². The Kier molecular flexibility index (Phi) is 3.87. The predicted molar refractivity (Wildman–Crippen MR) is 66.8 cm³/mol. The molecule has 1 atom stereocenters. The van der Waals surface area contributed by atoms with Gasteiger partial charge in [0.25, 0.3) is 0 Å². The highest BCUT2D eigenvalue weighted by Gasteiger charge is 2.33. The van der Waals surface area contributed by atoms with E-state index >= 15 is 0 Å². The van der Waals surface area contributed by atoms with Gasteiger partial charge in [0.2, 0.25) is 5.91 Å². The molecule has 19 heavy (non-hydrogen) atoms. The lowest BCUT2D eigenvalue weighted by molar-refractivity contribution is -0.119. The molecular formula is C12H14BF2NO3. The normalized spacial score (nSPS) is 15.3. The topological polar surface area (TPSA) is 58.6 Å². The van der Waals surface area contributed by atoms with Gasteiger partial charge in [-0.25, -0.2) is 8.78 Å². The van der Waals surface area contributed by atoms with Crippen LogP contribution in [0, 0.1) is 17.6 Å². The molecule has 1 unspecified atom stereocenters. The van der Waals surface area contributed by atoms with Gasteiger partial charge in [0.05, 0.1) is 6.61 Å². The Morgan fingerprint density at radius 2 is 2.32 bits per heavy atom. The van der Waals surface area contributed by atoms with Crippen molar-refractivity contribution in [2.75, 3.05) is 5.32 Å². The molecule has 0 saturated carbocycles. The smallest absolute Gasteiger partial charge is 0.423 e. The summed E-state index contributed by atoms with van der Waals surface area (Å²) in [5.41, 5.74) is -0.341. The summed E-state index contributed by atoms with van der Waals surface area (Å²) < 4.78 is 32.7. The molecule has 7 heteroatoms. The van der Waals surface area contributed by atoms with Crippen molar-refractivity contribution in [1.82, 2.24) is 0 Å². The molecule has 4 nitrogen and oxygen atoms in total. The Labute approximate surface area is 109 Å². The van der Waals surface area contributed by atoms with E-state index in [4.69, 9.17) is 4.65 Å². The van der Waals surface area contributed by atoms with Crippen LogP contribution in [0.3, 0.4) is 0 Å². The number of amides is 1. The summed E-state index contributed by atoms with van der Waals surface area (Å²) in [6.07, 6.45) is 0.571. The molecule has 1 heterocycles. The zero-order valence-corrected chi connectivity index (χ0v) is 10.7. The fourth-order valence-corrected chi connectivity index (χ4v) is 1.84. The number of hydrogen-bond acceptors (Lipinski definition) is 3. The van der Waals surface area contributed by atoms with Gasteiger partial charge < -0.3 is 15.0 Å². The lowest BCUT2D eigenvalue weighted by atomic mass is 9.79. The molecule has 0 aromatic heterocycles. The minimum Gasteiger partial charge on any atom is -0.423 e. The summed E-state index contributed by atoms with van der Waals surface area (Å²) in [5, 5.41) is 11.6. The molecule has 0 aliphatic carbocycles. The van der Waals surface area contributed by atoms with Crippen molar-refractivity contribution in [3.63, 3.8) is 0 Å². The van der Waals surface area contributed by atoms with Gasteiger partial charge in [-0.1, -0.05) is 13.8 Å². The number of carbonyl (C=O) groups excluding carboxylic acids is 1. The zero-order valence-electron chi connectivity index (χ0n) is 10.7. The number of carbonyl (C=O) groups is 1. The summed E-state index contributed by atoms with van der Waals surface area (Å²) in [4.78, 5) is 11.7. The molecule has 1 aliphatic rings. The molecule has 2 rings (SSSR count). The van der Waals surface area contributed by atoms with Gasteiger partial charge in [-0.15, -0.1) is 0 Å². The molecule has 0 fully saturated rings. The second kappa shape index (κ2) is 5.26. The number of benzene rings is 1. The lowest BCUT2D eigenvalue weighted by Gasteiger charge is -2.13. The minimum atomic E-state index is -1.32. The van der Waals surface area contributed by atoms with Crippen molar-refractivity contribution in [1.29, 1.82) is 0 Å². The van der Waals surface area contributed by atoms with E-state index in [0.29, 0.717) is 6.42 Å². The first kappa shape index (κ1) is 14.0. The standard InChI is InChI=1S/C12H14BF2NO3/c1-3-6(2)12(17)16-11-9(14)4-8-7(10(11)15)5-19-13(8)18/h4,6,18H,3,5H2,1-2H3,(H,16,17). The van der Waals surface area contributed by atoms with Gasteiger partial charge in [0.1, 0.15) is 11.5 Å². The first-order valence-electron chi connectivity index (χ1n) is 6.07. The second-order valence-corrected chi connectivity index (χ2v) is 4.58. The van der Waals surface area contributed by atoms with Gasteiger partial charge in [-0.3, -0.25) is 4.79 Å². The first-order valence-corrected chi connectivity index (χ1v) is 6.07. The van der Waals surface area contributed by atoms with E-state index in [1.807, 2.05) is 6.92 Å². The average molecular weight is 269 g/mol. The van der Waals surface area contributed by atoms with Gasteiger partial charge in [-0.05, 0) is 17.9 Å². The van der Waals surface area contributed by atoms with E-state index in [-0.39, 0.29) is 23.6 Å². The Balaban J connectivity index is 2.35. The molecule has 1 aromatic rings. The zero-order chi connectivity index (χ0) is 14.2. The molecule has 0 saturated heterocycles. The van der Waals surface area contributed by atoms with Gasteiger partial charge in [-0.2, -0.15) is 0 Å². The highest BCUT2D eigenvalue weighted by atomic mass is 19.1. The molecule has 1 amide bonds. The van der Waals surface area contributed by atoms with Crippen LogP contribution < -0.4 is 10.8 Å². The third kappa shape index (κ3) is 2.48. The molecule has 0 spiro atoms. The summed E-state index contributed by atoms with van der Waals surface area (Å²) in [6, 6.07) is 0.988. The Morgan fingerprint density at radius 3 is 2.95 bits per heavy atom. The highest BCUT2D eigenvalue weighted by molar-refractivity contribution is 6.61. The maximum absolute atomic E-state index is 14.1. The maximum atomic E-state index is 14.1.